The molecule has 0 aliphatic heterocycles. The van der Waals surface area contributed by atoms with E-state index >= 15 is 0 Å². The number of hydrogen-bond acceptors (Lipinski definition) is 5. The van der Waals surface area contributed by atoms with Crippen LogP contribution in [0.1, 0.15) is 34.6 Å². The van der Waals surface area contributed by atoms with Gasteiger partial charge in [0.25, 0.3) is 0 Å². The van der Waals surface area contributed by atoms with Gasteiger partial charge in [-0.1, -0.05) is 0 Å². The third kappa shape index (κ3) is 4.49. The van der Waals surface area contributed by atoms with E-state index in [-0.39, 0.29) is 19.2 Å². The Bertz CT molecular complexity index is 439. The molecule has 0 heterocycles. The molecule has 0 aliphatic rings. The molecule has 0 unspecified atom stereocenters. The lowest BCUT2D eigenvalue weighted by Crippen LogP contribution is -2.53. The molecular weight excluding hydrogens is 270 g/mol. The topological polar surface area (TPSA) is 80.8 Å². The van der Waals surface area contributed by atoms with Gasteiger partial charge in [-0.25, -0.2) is 8.42 Å². The van der Waals surface area contributed by atoms with Crippen LogP contribution in [0.5, 0.6) is 0 Å². The van der Waals surface area contributed by atoms with E-state index in [1.54, 1.807) is 20.8 Å². The van der Waals surface area contributed by atoms with Crippen LogP contribution in [0.3, 0.4) is 0 Å². The van der Waals surface area contributed by atoms with Gasteiger partial charge >= 0.3 is 5.97 Å². The number of hydrogen-bond donors (Lipinski definition) is 0. The van der Waals surface area contributed by atoms with Gasteiger partial charge in [0.2, 0.25) is 5.91 Å². The zero-order valence-corrected chi connectivity index (χ0v) is 13.2. The second-order valence-electron chi connectivity index (χ2n) is 5.11. The summed E-state index contributed by atoms with van der Waals surface area (Å²) in [6.45, 7) is 7.75. The minimum atomic E-state index is -3.57. The van der Waals surface area contributed by atoms with Crippen LogP contribution in [0.4, 0.5) is 0 Å². The molecule has 19 heavy (non-hydrogen) atoms. The van der Waals surface area contributed by atoms with Gasteiger partial charge in [0.1, 0.15) is 11.3 Å². The fourth-order valence-corrected chi connectivity index (χ4v) is 1.77. The molecule has 0 saturated heterocycles. The molecule has 6 nitrogen and oxygen atoms in total. The average Bonchev–Trinajstić information content (AvgIpc) is 2.23. The molecule has 0 aromatic heterocycles. The van der Waals surface area contributed by atoms with Crippen molar-refractivity contribution in [2.75, 3.05) is 19.4 Å². The lowest BCUT2D eigenvalue weighted by atomic mass is 10.1. The number of carbonyl (C=O) groups excluding carboxylic acids is 2. The Hall–Kier alpha value is -1.11. The molecular formula is C12H23NO5S. The van der Waals surface area contributed by atoms with E-state index in [9.17, 15) is 18.0 Å². The van der Waals surface area contributed by atoms with E-state index in [4.69, 9.17) is 4.74 Å². The van der Waals surface area contributed by atoms with E-state index in [2.05, 4.69) is 0 Å². The Balaban J connectivity index is 5.22. The summed E-state index contributed by atoms with van der Waals surface area (Å²) in [5.41, 5.74) is 0. The van der Waals surface area contributed by atoms with Gasteiger partial charge in [0.05, 0.1) is 6.61 Å². The summed E-state index contributed by atoms with van der Waals surface area (Å²) in [6.07, 6.45) is 1.01. The Morgan fingerprint density at radius 1 is 1.26 bits per heavy atom. The quantitative estimate of drug-likeness (QED) is 0.670. The highest BCUT2D eigenvalue weighted by atomic mass is 32.2. The molecule has 0 aromatic carbocycles. The summed E-state index contributed by atoms with van der Waals surface area (Å²) in [7, 11) is -3.57. The monoisotopic (exact) mass is 293 g/mol. The lowest BCUT2D eigenvalue weighted by Gasteiger charge is -2.32. The van der Waals surface area contributed by atoms with Crippen molar-refractivity contribution >= 4 is 21.7 Å². The van der Waals surface area contributed by atoms with Gasteiger partial charge in [-0.15, -0.1) is 0 Å². The van der Waals surface area contributed by atoms with Crippen LogP contribution >= 0.6 is 0 Å². The summed E-state index contributed by atoms with van der Waals surface area (Å²) in [4.78, 5) is 25.0. The van der Waals surface area contributed by atoms with Crippen molar-refractivity contribution in [3.8, 4) is 0 Å². The van der Waals surface area contributed by atoms with Crippen molar-refractivity contribution in [3.05, 3.63) is 0 Å². The summed E-state index contributed by atoms with van der Waals surface area (Å²) in [5, 5.41) is 0. The number of carbonyl (C=O) groups is 2. The summed E-state index contributed by atoms with van der Waals surface area (Å²) in [5.74, 6) is -1.15. The molecule has 0 spiro atoms. The minimum absolute atomic E-state index is 0.217. The Morgan fingerprint density at radius 3 is 2.05 bits per heavy atom. The first-order valence-corrected chi connectivity index (χ1v) is 8.00. The van der Waals surface area contributed by atoms with E-state index in [1.807, 2.05) is 0 Å². The highest BCUT2D eigenvalue weighted by molar-refractivity contribution is 7.92. The van der Waals surface area contributed by atoms with Gasteiger partial charge in [-0.2, -0.15) is 0 Å². The molecule has 0 atom stereocenters. The average molecular weight is 293 g/mol. The number of amides is 1. The van der Waals surface area contributed by atoms with Gasteiger partial charge in [-0.3, -0.25) is 9.59 Å². The summed E-state index contributed by atoms with van der Waals surface area (Å²) < 4.78 is 26.6. The van der Waals surface area contributed by atoms with E-state index in [1.165, 1.54) is 18.7 Å². The van der Waals surface area contributed by atoms with Crippen molar-refractivity contribution in [2.45, 2.75) is 45.4 Å². The van der Waals surface area contributed by atoms with Crippen LogP contribution in [0.2, 0.25) is 0 Å². The van der Waals surface area contributed by atoms with Gasteiger partial charge in [-0.05, 0) is 34.6 Å². The third-order valence-corrected chi connectivity index (χ3v) is 4.96. The fourth-order valence-electron chi connectivity index (χ4n) is 1.34. The van der Waals surface area contributed by atoms with Crippen LogP contribution in [0.15, 0.2) is 0 Å². The smallest absolute Gasteiger partial charge is 0.325 e. The highest BCUT2D eigenvalue weighted by Gasteiger charge is 2.42. The maximum absolute atomic E-state index is 12.3. The van der Waals surface area contributed by atoms with E-state index in [0.29, 0.717) is 0 Å². The first-order valence-electron chi connectivity index (χ1n) is 6.11. The molecule has 0 aliphatic carbocycles. The van der Waals surface area contributed by atoms with Crippen molar-refractivity contribution in [1.82, 2.24) is 4.90 Å². The molecule has 0 fully saturated rings. The lowest BCUT2D eigenvalue weighted by molar-refractivity contribution is -0.150. The number of ether oxygens (including phenoxy) is 1. The molecule has 0 N–H and O–H groups in total. The van der Waals surface area contributed by atoms with Crippen LogP contribution in [-0.4, -0.2) is 55.4 Å². The minimum Gasteiger partial charge on any atom is -0.465 e. The molecule has 0 aromatic rings. The number of rotatable bonds is 6. The second kappa shape index (κ2) is 6.36. The standard InChI is InChI=1S/C12H23NO5S/c1-7-18-10(14)8-13(9(2)3)11(15)12(4,5)19(6,16)17/h9H,7-8H2,1-6H3. The maximum atomic E-state index is 12.3. The normalized spacial score (nSPS) is 12.4. The highest BCUT2D eigenvalue weighted by Crippen LogP contribution is 2.20. The van der Waals surface area contributed by atoms with Gasteiger partial charge in [0.15, 0.2) is 9.84 Å². The van der Waals surface area contributed by atoms with Crippen molar-refractivity contribution in [1.29, 1.82) is 0 Å². The zero-order valence-electron chi connectivity index (χ0n) is 12.4. The van der Waals surface area contributed by atoms with Crippen LogP contribution in [0.25, 0.3) is 0 Å². The molecule has 7 heteroatoms. The Labute approximate surface area is 115 Å². The molecule has 0 saturated carbocycles. The predicted octanol–water partition coefficient (Wildman–Crippen LogP) is 0.610. The van der Waals surface area contributed by atoms with Gasteiger partial charge < -0.3 is 9.64 Å². The summed E-state index contributed by atoms with van der Waals surface area (Å²) in [6, 6.07) is -0.294. The molecule has 0 bridgehead atoms. The molecule has 0 rings (SSSR count). The second-order valence-corrected chi connectivity index (χ2v) is 7.68. The first-order chi connectivity index (χ1) is 8.45. The molecule has 0 radical (unpaired) electrons. The zero-order chi connectivity index (χ0) is 15.4. The first kappa shape index (κ1) is 17.9. The summed E-state index contributed by atoms with van der Waals surface area (Å²) >= 11 is 0. The third-order valence-electron chi connectivity index (χ3n) is 2.93. The predicted molar refractivity (Wildman–Crippen MR) is 72.4 cm³/mol. The molecule has 1 amide bonds. The molecule has 112 valence electrons. The van der Waals surface area contributed by atoms with Crippen LogP contribution < -0.4 is 0 Å². The Morgan fingerprint density at radius 2 is 1.74 bits per heavy atom. The van der Waals surface area contributed by atoms with Crippen molar-refractivity contribution in [3.63, 3.8) is 0 Å². The number of esters is 1. The number of nitrogens with zero attached hydrogens (tertiary/aromatic N) is 1. The van der Waals surface area contributed by atoms with Crippen molar-refractivity contribution in [2.24, 2.45) is 0 Å². The number of sulfone groups is 1. The maximum Gasteiger partial charge on any atom is 0.325 e. The van der Waals surface area contributed by atoms with Gasteiger partial charge in [0, 0.05) is 12.3 Å². The largest absolute Gasteiger partial charge is 0.465 e. The van der Waals surface area contributed by atoms with E-state index in [0.717, 1.165) is 6.26 Å². The van der Waals surface area contributed by atoms with Crippen LogP contribution in [-0.2, 0) is 24.2 Å². The van der Waals surface area contributed by atoms with E-state index < -0.39 is 26.5 Å². The Kier molecular flexibility index (Phi) is 5.99. The van der Waals surface area contributed by atoms with Crippen LogP contribution in [0, 0.1) is 0 Å². The SMILES string of the molecule is CCOC(=O)CN(C(=O)C(C)(C)S(C)(=O)=O)C(C)C. The fraction of sp³-hybridized carbons (Fsp3) is 0.833. The van der Waals surface area contributed by atoms with Crippen molar-refractivity contribution < 1.29 is 22.7 Å².